The molecule has 2 aromatic rings. The van der Waals surface area contributed by atoms with Gasteiger partial charge in [0, 0.05) is 16.7 Å². The minimum Gasteiger partial charge on any atom is -0.469 e. The Hall–Kier alpha value is -2.62. The number of hydrogen-bond donors (Lipinski definition) is 1. The Balaban J connectivity index is 2.20. The molecule has 0 aliphatic heterocycles. The molecule has 1 heterocycles. The molecule has 1 aromatic heterocycles. The average Bonchev–Trinajstić information content (AvgIpc) is 2.62. The lowest BCUT2D eigenvalue weighted by Gasteiger charge is -2.19. The first-order chi connectivity index (χ1) is 13.1. The summed E-state index contributed by atoms with van der Waals surface area (Å²) in [5, 5.41) is 2.56. The maximum atomic E-state index is 12.8. The second kappa shape index (κ2) is 9.05. The van der Waals surface area contributed by atoms with Gasteiger partial charge in [-0.05, 0) is 23.8 Å². The largest absolute Gasteiger partial charge is 0.469 e. The highest BCUT2D eigenvalue weighted by Crippen LogP contribution is 2.28. The Morgan fingerprint density at radius 3 is 2.39 bits per heavy atom. The molecule has 2 rings (SSSR count). The molecule has 0 aliphatic rings. The maximum absolute atomic E-state index is 12.8. The summed E-state index contributed by atoms with van der Waals surface area (Å²) in [7, 11) is 1.20. The van der Waals surface area contributed by atoms with Crippen LogP contribution in [0.1, 0.15) is 23.6 Å². The van der Waals surface area contributed by atoms with Crippen molar-refractivity contribution in [3.8, 4) is 0 Å². The number of pyridine rings is 1. The Labute approximate surface area is 166 Å². The maximum Gasteiger partial charge on any atom is 0.417 e. The van der Waals surface area contributed by atoms with Crippen LogP contribution in [-0.2, 0) is 27.0 Å². The van der Waals surface area contributed by atoms with Gasteiger partial charge in [-0.25, -0.2) is 0 Å². The Kier molecular flexibility index (Phi) is 7.00. The van der Waals surface area contributed by atoms with E-state index in [1.165, 1.54) is 7.11 Å². The van der Waals surface area contributed by atoms with E-state index < -0.39 is 41.8 Å². The second-order valence-corrected chi connectivity index (χ2v) is 6.75. The van der Waals surface area contributed by atoms with Crippen molar-refractivity contribution in [2.45, 2.75) is 25.2 Å². The zero-order chi connectivity index (χ0) is 20.9. The summed E-state index contributed by atoms with van der Waals surface area (Å²) in [5.41, 5.74) is -1.20. The molecular weight excluding hydrogens is 445 g/mol. The zero-order valence-electron chi connectivity index (χ0n) is 14.6. The van der Waals surface area contributed by atoms with E-state index >= 15 is 0 Å². The third-order valence-corrected chi connectivity index (χ3v) is 4.36. The topological polar surface area (TPSA) is 77.4 Å². The van der Waals surface area contributed by atoms with E-state index in [4.69, 9.17) is 0 Å². The van der Waals surface area contributed by atoms with Crippen molar-refractivity contribution >= 4 is 27.8 Å². The summed E-state index contributed by atoms with van der Waals surface area (Å²) < 4.78 is 44.5. The first kappa shape index (κ1) is 21.7. The molecule has 0 bridgehead atoms. The van der Waals surface area contributed by atoms with Crippen LogP contribution in [0.4, 0.5) is 13.2 Å². The van der Waals surface area contributed by atoms with Gasteiger partial charge in [0.1, 0.15) is 6.54 Å². The molecule has 1 amide bonds. The fraction of sp³-hybridized carbons (Fsp3) is 0.278. The quantitative estimate of drug-likeness (QED) is 0.672. The number of rotatable bonds is 6. The van der Waals surface area contributed by atoms with Crippen LogP contribution in [0.25, 0.3) is 0 Å². The van der Waals surface area contributed by atoms with Gasteiger partial charge < -0.3 is 14.6 Å². The summed E-state index contributed by atoms with van der Waals surface area (Å²) in [6.07, 6.45) is -4.24. The number of benzene rings is 1. The molecule has 10 heteroatoms. The average molecular weight is 461 g/mol. The number of ether oxygens (including phenoxy) is 1. The molecule has 0 fully saturated rings. The number of nitrogens with zero attached hydrogens (tertiary/aromatic N) is 1. The molecule has 0 saturated heterocycles. The van der Waals surface area contributed by atoms with Gasteiger partial charge in [-0.3, -0.25) is 14.4 Å². The molecule has 1 atom stereocenters. The molecule has 0 saturated carbocycles. The van der Waals surface area contributed by atoms with Crippen molar-refractivity contribution in [1.82, 2.24) is 9.88 Å². The van der Waals surface area contributed by atoms with E-state index in [9.17, 15) is 27.6 Å². The summed E-state index contributed by atoms with van der Waals surface area (Å²) >= 11 is 3.28. The third-order valence-electron chi connectivity index (χ3n) is 3.83. The highest BCUT2D eigenvalue weighted by molar-refractivity contribution is 9.10. The Morgan fingerprint density at radius 2 is 1.82 bits per heavy atom. The van der Waals surface area contributed by atoms with Gasteiger partial charge >= 0.3 is 12.1 Å². The summed E-state index contributed by atoms with van der Waals surface area (Å²) in [5.74, 6) is -1.30. The first-order valence-electron chi connectivity index (χ1n) is 7.99. The van der Waals surface area contributed by atoms with Crippen LogP contribution < -0.4 is 10.9 Å². The fourth-order valence-electron chi connectivity index (χ4n) is 2.41. The number of alkyl halides is 3. The number of amides is 1. The van der Waals surface area contributed by atoms with E-state index in [-0.39, 0.29) is 6.42 Å². The normalized spacial score (nSPS) is 12.3. The molecule has 0 aliphatic carbocycles. The van der Waals surface area contributed by atoms with Crippen LogP contribution in [0.3, 0.4) is 0 Å². The van der Waals surface area contributed by atoms with Crippen LogP contribution in [0.2, 0.25) is 0 Å². The predicted octanol–water partition coefficient (Wildman–Crippen LogP) is 3.05. The van der Waals surface area contributed by atoms with Crippen LogP contribution in [-0.4, -0.2) is 23.6 Å². The standard InChI is InChI=1S/C18H16BrF3N2O4/c1-28-17(27)8-14(11-2-5-13(19)6-3-11)23-15(25)10-24-9-12(18(20,21)22)4-7-16(24)26/h2-7,9,14H,8,10H2,1H3,(H,23,25). The van der Waals surface area contributed by atoms with Crippen molar-refractivity contribution in [3.63, 3.8) is 0 Å². The smallest absolute Gasteiger partial charge is 0.417 e. The van der Waals surface area contributed by atoms with Gasteiger partial charge in [-0.1, -0.05) is 28.1 Å². The molecule has 1 aromatic carbocycles. The lowest BCUT2D eigenvalue weighted by Crippen LogP contribution is -2.35. The van der Waals surface area contributed by atoms with Gasteiger partial charge in [0.2, 0.25) is 5.91 Å². The number of carbonyl (C=O) groups excluding carboxylic acids is 2. The van der Waals surface area contributed by atoms with E-state index in [1.54, 1.807) is 24.3 Å². The molecule has 0 radical (unpaired) electrons. The zero-order valence-corrected chi connectivity index (χ0v) is 16.2. The van der Waals surface area contributed by atoms with E-state index in [0.29, 0.717) is 22.4 Å². The van der Waals surface area contributed by atoms with Crippen molar-refractivity contribution in [3.05, 3.63) is 68.5 Å². The van der Waals surface area contributed by atoms with E-state index in [2.05, 4.69) is 26.0 Å². The molecule has 6 nitrogen and oxygen atoms in total. The Bertz CT molecular complexity index is 910. The monoisotopic (exact) mass is 460 g/mol. The summed E-state index contributed by atoms with van der Waals surface area (Å²) in [6, 6.07) is 7.40. The lowest BCUT2D eigenvalue weighted by molar-refractivity contribution is -0.141. The SMILES string of the molecule is COC(=O)CC(NC(=O)Cn1cc(C(F)(F)F)ccc1=O)c1ccc(Br)cc1. The minimum atomic E-state index is -4.64. The van der Waals surface area contributed by atoms with Crippen molar-refractivity contribution in [2.24, 2.45) is 0 Å². The van der Waals surface area contributed by atoms with Crippen molar-refractivity contribution in [1.29, 1.82) is 0 Å². The third kappa shape index (κ3) is 5.95. The lowest BCUT2D eigenvalue weighted by atomic mass is 10.0. The fourth-order valence-corrected chi connectivity index (χ4v) is 2.68. The van der Waals surface area contributed by atoms with E-state index in [1.807, 2.05) is 0 Å². The van der Waals surface area contributed by atoms with Crippen LogP contribution in [0.15, 0.2) is 51.9 Å². The second-order valence-electron chi connectivity index (χ2n) is 5.83. The number of methoxy groups -OCH3 is 1. The number of halogens is 4. The van der Waals surface area contributed by atoms with Crippen LogP contribution in [0.5, 0.6) is 0 Å². The number of nitrogens with one attached hydrogen (secondary N) is 1. The highest BCUT2D eigenvalue weighted by atomic mass is 79.9. The first-order valence-corrected chi connectivity index (χ1v) is 8.79. The van der Waals surface area contributed by atoms with Crippen LogP contribution in [0, 0.1) is 0 Å². The Morgan fingerprint density at radius 1 is 1.18 bits per heavy atom. The molecule has 1 N–H and O–H groups in total. The van der Waals surface area contributed by atoms with Gasteiger partial charge in [0.25, 0.3) is 5.56 Å². The molecule has 28 heavy (non-hydrogen) atoms. The number of hydrogen-bond acceptors (Lipinski definition) is 4. The molecular formula is C18H16BrF3N2O4. The van der Waals surface area contributed by atoms with Gasteiger partial charge in [-0.2, -0.15) is 13.2 Å². The van der Waals surface area contributed by atoms with Gasteiger partial charge in [0.05, 0.1) is 25.1 Å². The molecule has 1 unspecified atom stereocenters. The van der Waals surface area contributed by atoms with Crippen molar-refractivity contribution in [2.75, 3.05) is 7.11 Å². The predicted molar refractivity (Wildman–Crippen MR) is 97.4 cm³/mol. The summed E-state index contributed by atoms with van der Waals surface area (Å²) in [6.45, 7) is -0.628. The highest BCUT2D eigenvalue weighted by Gasteiger charge is 2.31. The van der Waals surface area contributed by atoms with Gasteiger partial charge in [0.15, 0.2) is 0 Å². The van der Waals surface area contributed by atoms with E-state index in [0.717, 1.165) is 10.5 Å². The van der Waals surface area contributed by atoms with Crippen molar-refractivity contribution < 1.29 is 27.5 Å². The van der Waals surface area contributed by atoms with Crippen LogP contribution >= 0.6 is 15.9 Å². The number of esters is 1. The molecule has 150 valence electrons. The summed E-state index contributed by atoms with van der Waals surface area (Å²) in [4.78, 5) is 35.8. The minimum absolute atomic E-state index is 0.179. The number of carbonyl (C=O) groups is 2. The van der Waals surface area contributed by atoms with Gasteiger partial charge in [-0.15, -0.1) is 0 Å². The molecule has 0 spiro atoms. The number of aromatic nitrogens is 1.